The van der Waals surface area contributed by atoms with Crippen molar-refractivity contribution in [2.45, 2.75) is 46.3 Å². The molecule has 7 heteroatoms. The lowest BCUT2D eigenvalue weighted by Gasteiger charge is -2.27. The first-order valence-electron chi connectivity index (χ1n) is 12.5. The van der Waals surface area contributed by atoms with Crippen LogP contribution in [0.3, 0.4) is 0 Å². The molecule has 0 aliphatic carbocycles. The van der Waals surface area contributed by atoms with Crippen LogP contribution >= 0.6 is 0 Å². The Labute approximate surface area is 206 Å². The molecule has 186 valence electrons. The Morgan fingerprint density at radius 1 is 1.11 bits per heavy atom. The standard InChI is InChI=1S/C28H34N2O5/c1-5-29(6-2)14-15-30-25(19-8-11-22(12-9-19)34-7-3)24(27(32)28(30)33)26(31)20-10-13-23-21(17-20)16-18(4)35-23/h8-13,17-18,25,31H,5-7,14-16H2,1-4H3/p+1/t18-,25-/m1/s1. The van der Waals surface area contributed by atoms with Gasteiger partial charge in [-0.3, -0.25) is 9.59 Å². The molecule has 2 aromatic carbocycles. The lowest BCUT2D eigenvalue weighted by atomic mass is 9.94. The Bertz CT molecular complexity index is 1120. The Kier molecular flexibility index (Phi) is 7.45. The van der Waals surface area contributed by atoms with Gasteiger partial charge in [0.15, 0.2) is 0 Å². The summed E-state index contributed by atoms with van der Waals surface area (Å²) in [5, 5.41) is 11.4. The summed E-state index contributed by atoms with van der Waals surface area (Å²) in [4.78, 5) is 29.4. The number of fused-ring (bicyclic) bond motifs is 1. The van der Waals surface area contributed by atoms with Crippen molar-refractivity contribution >= 4 is 17.4 Å². The molecule has 2 atom stereocenters. The number of carbonyl (C=O) groups excluding carboxylic acids is 2. The van der Waals surface area contributed by atoms with Crippen molar-refractivity contribution in [1.29, 1.82) is 0 Å². The van der Waals surface area contributed by atoms with Crippen LogP contribution in [0, 0.1) is 0 Å². The second-order valence-corrected chi connectivity index (χ2v) is 9.16. The Balaban J connectivity index is 1.76. The predicted octanol–water partition coefficient (Wildman–Crippen LogP) is 2.76. The molecule has 0 spiro atoms. The smallest absolute Gasteiger partial charge is 0.295 e. The number of hydrogen-bond acceptors (Lipinski definition) is 5. The fraction of sp³-hybridized carbons (Fsp3) is 0.429. The highest BCUT2D eigenvalue weighted by molar-refractivity contribution is 6.46. The lowest BCUT2D eigenvalue weighted by Crippen LogP contribution is -3.12. The number of aliphatic hydroxyl groups excluding tert-OH is 1. The second-order valence-electron chi connectivity index (χ2n) is 9.16. The van der Waals surface area contributed by atoms with E-state index in [1.54, 1.807) is 11.0 Å². The number of aliphatic hydroxyl groups is 1. The molecule has 0 bridgehead atoms. The molecule has 1 fully saturated rings. The lowest BCUT2D eigenvalue weighted by molar-refractivity contribution is -0.895. The third-order valence-electron chi connectivity index (χ3n) is 6.92. The zero-order valence-corrected chi connectivity index (χ0v) is 21.0. The molecular formula is C28H35N2O5+. The highest BCUT2D eigenvalue weighted by Gasteiger charge is 2.46. The molecule has 7 nitrogen and oxygen atoms in total. The molecule has 2 aliphatic heterocycles. The van der Waals surface area contributed by atoms with E-state index >= 15 is 0 Å². The normalized spacial score (nSPS) is 20.9. The zero-order valence-electron chi connectivity index (χ0n) is 21.0. The number of hydrogen-bond donors (Lipinski definition) is 2. The van der Waals surface area contributed by atoms with Gasteiger partial charge in [-0.25, -0.2) is 0 Å². The Morgan fingerprint density at radius 2 is 1.83 bits per heavy atom. The van der Waals surface area contributed by atoms with Gasteiger partial charge in [-0.2, -0.15) is 0 Å². The number of Topliss-reactive ketones (excluding diaryl/α,β-unsaturated/α-hetero) is 1. The van der Waals surface area contributed by atoms with Crippen LogP contribution in [0.5, 0.6) is 11.5 Å². The van der Waals surface area contributed by atoms with Gasteiger partial charge in [0.2, 0.25) is 0 Å². The van der Waals surface area contributed by atoms with Gasteiger partial charge in [0, 0.05) is 12.0 Å². The summed E-state index contributed by atoms with van der Waals surface area (Å²) < 4.78 is 11.3. The fourth-order valence-electron chi connectivity index (χ4n) is 4.98. The molecule has 35 heavy (non-hydrogen) atoms. The number of amides is 1. The number of likely N-dealkylation sites (tertiary alicyclic amines) is 1. The number of rotatable bonds is 9. The summed E-state index contributed by atoms with van der Waals surface area (Å²) in [6, 6.07) is 12.2. The van der Waals surface area contributed by atoms with Crippen LogP contribution in [-0.4, -0.2) is 60.6 Å². The summed E-state index contributed by atoms with van der Waals surface area (Å²) in [5.41, 5.74) is 2.39. The number of quaternary nitrogens is 1. The SMILES string of the molecule is CCOc1ccc([C@@H]2C(=C(O)c3ccc4c(c3)C[C@@H](C)O4)C(=O)C(=O)N2CC[NH+](CC)CC)cc1. The average molecular weight is 480 g/mol. The van der Waals surface area contributed by atoms with Crippen molar-refractivity contribution in [3.05, 3.63) is 64.7 Å². The van der Waals surface area contributed by atoms with Gasteiger partial charge in [0.05, 0.1) is 44.4 Å². The first kappa shape index (κ1) is 24.8. The molecule has 0 radical (unpaired) electrons. The first-order chi connectivity index (χ1) is 16.9. The topological polar surface area (TPSA) is 80.5 Å². The Morgan fingerprint density at radius 3 is 2.49 bits per heavy atom. The maximum Gasteiger partial charge on any atom is 0.295 e. The number of benzene rings is 2. The minimum absolute atomic E-state index is 0.0689. The molecule has 4 rings (SSSR count). The van der Waals surface area contributed by atoms with E-state index in [4.69, 9.17) is 9.47 Å². The summed E-state index contributed by atoms with van der Waals surface area (Å²) >= 11 is 0. The van der Waals surface area contributed by atoms with Crippen LogP contribution in [-0.2, 0) is 16.0 Å². The molecule has 2 aliphatic rings. The summed E-state index contributed by atoms with van der Waals surface area (Å²) in [6.45, 7) is 11.7. The molecule has 0 saturated carbocycles. The van der Waals surface area contributed by atoms with E-state index < -0.39 is 17.7 Å². The monoisotopic (exact) mass is 479 g/mol. The van der Waals surface area contributed by atoms with E-state index in [1.165, 1.54) is 4.90 Å². The average Bonchev–Trinajstić information content (AvgIpc) is 3.35. The predicted molar refractivity (Wildman–Crippen MR) is 134 cm³/mol. The highest BCUT2D eigenvalue weighted by Crippen LogP contribution is 2.40. The van der Waals surface area contributed by atoms with Gasteiger partial charge in [0.25, 0.3) is 11.7 Å². The number of nitrogens with one attached hydrogen (secondary N) is 1. The molecular weight excluding hydrogens is 444 g/mol. The summed E-state index contributed by atoms with van der Waals surface area (Å²) in [6.07, 6.45) is 0.805. The summed E-state index contributed by atoms with van der Waals surface area (Å²) in [5.74, 6) is 0.131. The third-order valence-corrected chi connectivity index (χ3v) is 6.92. The minimum atomic E-state index is -0.663. The van der Waals surface area contributed by atoms with Crippen molar-refractivity contribution in [2.75, 3.05) is 32.8 Å². The van der Waals surface area contributed by atoms with Gasteiger partial charge < -0.3 is 24.4 Å². The fourth-order valence-corrected chi connectivity index (χ4v) is 4.98. The van der Waals surface area contributed by atoms with Gasteiger partial charge in [0.1, 0.15) is 23.4 Å². The molecule has 2 heterocycles. The van der Waals surface area contributed by atoms with E-state index in [1.807, 2.05) is 50.2 Å². The first-order valence-corrected chi connectivity index (χ1v) is 12.5. The van der Waals surface area contributed by atoms with E-state index in [0.717, 1.165) is 42.9 Å². The van der Waals surface area contributed by atoms with Gasteiger partial charge in [-0.15, -0.1) is 0 Å². The van der Waals surface area contributed by atoms with E-state index in [0.29, 0.717) is 24.5 Å². The van der Waals surface area contributed by atoms with Crippen LogP contribution in [0.25, 0.3) is 5.76 Å². The van der Waals surface area contributed by atoms with Gasteiger partial charge in [-0.05, 0) is 69.2 Å². The van der Waals surface area contributed by atoms with E-state index in [2.05, 4.69) is 13.8 Å². The minimum Gasteiger partial charge on any atom is -0.507 e. The van der Waals surface area contributed by atoms with E-state index in [-0.39, 0.29) is 17.4 Å². The quantitative estimate of drug-likeness (QED) is 0.329. The van der Waals surface area contributed by atoms with Crippen LogP contribution in [0.4, 0.5) is 0 Å². The van der Waals surface area contributed by atoms with E-state index in [9.17, 15) is 14.7 Å². The third kappa shape index (κ3) is 4.91. The van der Waals surface area contributed by atoms with Crippen molar-refractivity contribution in [1.82, 2.24) is 4.90 Å². The number of ether oxygens (including phenoxy) is 2. The number of carbonyl (C=O) groups is 2. The summed E-state index contributed by atoms with van der Waals surface area (Å²) in [7, 11) is 0. The van der Waals surface area contributed by atoms with Crippen molar-refractivity contribution in [3.63, 3.8) is 0 Å². The van der Waals surface area contributed by atoms with Crippen LogP contribution in [0.2, 0.25) is 0 Å². The van der Waals surface area contributed by atoms with Crippen LogP contribution < -0.4 is 14.4 Å². The van der Waals surface area contributed by atoms with Crippen molar-refractivity contribution in [3.8, 4) is 11.5 Å². The molecule has 1 saturated heterocycles. The molecule has 2 aromatic rings. The van der Waals surface area contributed by atoms with Gasteiger partial charge >= 0.3 is 0 Å². The molecule has 0 unspecified atom stereocenters. The van der Waals surface area contributed by atoms with Crippen molar-refractivity contribution in [2.24, 2.45) is 0 Å². The molecule has 1 amide bonds. The maximum absolute atomic E-state index is 13.3. The zero-order chi connectivity index (χ0) is 25.1. The van der Waals surface area contributed by atoms with Crippen LogP contribution in [0.1, 0.15) is 50.4 Å². The number of ketones is 1. The molecule has 0 aromatic heterocycles. The van der Waals surface area contributed by atoms with Crippen molar-refractivity contribution < 1.29 is 29.1 Å². The molecule has 2 N–H and O–H groups in total. The Hall–Kier alpha value is -3.32. The van der Waals surface area contributed by atoms with Crippen LogP contribution in [0.15, 0.2) is 48.0 Å². The largest absolute Gasteiger partial charge is 0.507 e. The second kappa shape index (κ2) is 10.5. The van der Waals surface area contributed by atoms with Gasteiger partial charge in [-0.1, -0.05) is 12.1 Å². The maximum atomic E-state index is 13.3. The number of likely N-dealkylation sites (N-methyl/N-ethyl adjacent to an activating group) is 1. The number of nitrogens with zero attached hydrogens (tertiary/aromatic N) is 1. The highest BCUT2D eigenvalue weighted by atomic mass is 16.5.